The van der Waals surface area contributed by atoms with E-state index in [1.165, 1.54) is 0 Å². The number of nitrogens with one attached hydrogen (secondary N) is 2. The standard InChI is InChI=1S/C18H21N2O2P/c1-2-22-23(21,20-19-18-14-7-4-8-15-18)16-10-9-13-17-11-5-3-6-12-17/h3-16,19H,2H2,1H3,(H,20,21)/b13-9+,16-10+. The molecular weight excluding hydrogens is 307 g/mol. The van der Waals surface area contributed by atoms with Crippen molar-refractivity contribution in [3.05, 3.63) is 84.2 Å². The second-order valence-corrected chi connectivity index (χ2v) is 6.70. The van der Waals surface area contributed by atoms with Gasteiger partial charge in [-0.25, -0.2) is 0 Å². The van der Waals surface area contributed by atoms with Crippen molar-refractivity contribution >= 4 is 19.3 Å². The molecule has 2 N–H and O–H groups in total. The fourth-order valence-corrected chi connectivity index (χ4v) is 3.08. The van der Waals surface area contributed by atoms with E-state index in [1.807, 2.05) is 79.7 Å². The molecule has 0 amide bonds. The van der Waals surface area contributed by atoms with Crippen molar-refractivity contribution in [2.75, 3.05) is 12.0 Å². The number of rotatable bonds is 8. The number of benzene rings is 2. The van der Waals surface area contributed by atoms with E-state index in [4.69, 9.17) is 4.52 Å². The van der Waals surface area contributed by atoms with E-state index in [2.05, 4.69) is 10.6 Å². The van der Waals surface area contributed by atoms with Gasteiger partial charge in [-0.1, -0.05) is 66.8 Å². The summed E-state index contributed by atoms with van der Waals surface area (Å²) in [6.07, 6.45) is 5.51. The molecule has 4 nitrogen and oxygen atoms in total. The Bertz CT molecular complexity index is 685. The zero-order chi connectivity index (χ0) is 16.4. The second-order valence-electron chi connectivity index (χ2n) is 4.73. The maximum absolute atomic E-state index is 12.7. The van der Waals surface area contributed by atoms with E-state index < -0.39 is 7.52 Å². The maximum atomic E-state index is 12.7. The van der Waals surface area contributed by atoms with Crippen LogP contribution in [0, 0.1) is 0 Å². The Morgan fingerprint density at radius 1 is 1.00 bits per heavy atom. The van der Waals surface area contributed by atoms with E-state index in [0.717, 1.165) is 11.3 Å². The molecule has 2 rings (SSSR count). The molecule has 2 aromatic carbocycles. The average Bonchev–Trinajstić information content (AvgIpc) is 2.59. The van der Waals surface area contributed by atoms with Crippen LogP contribution in [0.4, 0.5) is 5.69 Å². The molecule has 120 valence electrons. The summed E-state index contributed by atoms with van der Waals surface area (Å²) in [5.41, 5.74) is 4.82. The fourth-order valence-electron chi connectivity index (χ4n) is 1.86. The van der Waals surface area contributed by atoms with Gasteiger partial charge < -0.3 is 9.95 Å². The molecule has 0 aliphatic rings. The fraction of sp³-hybridized carbons (Fsp3) is 0.111. The van der Waals surface area contributed by atoms with E-state index in [-0.39, 0.29) is 0 Å². The Morgan fingerprint density at radius 3 is 2.30 bits per heavy atom. The van der Waals surface area contributed by atoms with E-state index in [0.29, 0.717) is 6.61 Å². The molecule has 2 aromatic rings. The van der Waals surface area contributed by atoms with Crippen LogP contribution in [0.25, 0.3) is 6.08 Å². The highest BCUT2D eigenvalue weighted by molar-refractivity contribution is 7.60. The Balaban J connectivity index is 1.97. The van der Waals surface area contributed by atoms with E-state index in [9.17, 15) is 4.57 Å². The van der Waals surface area contributed by atoms with Crippen molar-refractivity contribution in [2.45, 2.75) is 6.92 Å². The molecule has 0 saturated carbocycles. The monoisotopic (exact) mass is 328 g/mol. The minimum absolute atomic E-state index is 0.355. The summed E-state index contributed by atoms with van der Waals surface area (Å²) >= 11 is 0. The first kappa shape index (κ1) is 17.2. The molecule has 0 aliphatic carbocycles. The molecular formula is C18H21N2O2P. The molecule has 0 bridgehead atoms. The van der Waals surface area contributed by atoms with Gasteiger partial charge in [-0.2, -0.15) is 5.20 Å². The van der Waals surface area contributed by atoms with Crippen molar-refractivity contribution in [1.82, 2.24) is 5.20 Å². The van der Waals surface area contributed by atoms with Crippen molar-refractivity contribution < 1.29 is 9.09 Å². The van der Waals surface area contributed by atoms with Crippen LogP contribution in [-0.4, -0.2) is 6.61 Å². The smallest absolute Gasteiger partial charge is 0.309 e. The maximum Gasteiger partial charge on any atom is 0.309 e. The number of hydrogen-bond donors (Lipinski definition) is 2. The summed E-state index contributed by atoms with van der Waals surface area (Å²) in [7, 11) is -3.10. The lowest BCUT2D eigenvalue weighted by Gasteiger charge is -2.16. The normalized spacial score (nSPS) is 14.1. The number of anilines is 1. The molecule has 1 atom stereocenters. The topological polar surface area (TPSA) is 50.4 Å². The minimum Gasteiger partial charge on any atom is -0.314 e. The average molecular weight is 328 g/mol. The summed E-state index contributed by atoms with van der Waals surface area (Å²) in [5.74, 6) is 1.55. The summed E-state index contributed by atoms with van der Waals surface area (Å²) in [4.78, 5) is 0. The molecule has 0 fully saturated rings. The van der Waals surface area contributed by atoms with E-state index >= 15 is 0 Å². The van der Waals surface area contributed by atoms with Crippen LogP contribution >= 0.6 is 7.52 Å². The van der Waals surface area contributed by atoms with Gasteiger partial charge in [-0.15, -0.1) is 0 Å². The highest BCUT2D eigenvalue weighted by Crippen LogP contribution is 2.43. The summed E-state index contributed by atoms with van der Waals surface area (Å²) in [6, 6.07) is 19.4. The van der Waals surface area contributed by atoms with Gasteiger partial charge in [0.2, 0.25) is 0 Å². The SMILES string of the molecule is CCOP(=O)(/C=C/C=C/c1ccccc1)NNc1ccccc1. The van der Waals surface area contributed by atoms with Crippen molar-refractivity contribution in [3.63, 3.8) is 0 Å². The minimum atomic E-state index is -3.10. The lowest BCUT2D eigenvalue weighted by molar-refractivity contribution is 0.334. The van der Waals surface area contributed by atoms with E-state index in [1.54, 1.807) is 11.9 Å². The van der Waals surface area contributed by atoms with Crippen LogP contribution in [0.3, 0.4) is 0 Å². The predicted molar refractivity (Wildman–Crippen MR) is 97.0 cm³/mol. The number of allylic oxidation sites excluding steroid dienone is 2. The first-order valence-electron chi connectivity index (χ1n) is 7.45. The largest absolute Gasteiger partial charge is 0.314 e. The first-order valence-corrected chi connectivity index (χ1v) is 9.15. The Morgan fingerprint density at radius 2 is 1.65 bits per heavy atom. The molecule has 1 unspecified atom stereocenters. The number of hydrogen-bond acceptors (Lipinski definition) is 3. The molecule has 5 heteroatoms. The Labute approximate surface area is 137 Å². The lowest BCUT2D eigenvalue weighted by Crippen LogP contribution is -2.18. The van der Waals surface area contributed by atoms with Crippen LogP contribution in [0.5, 0.6) is 0 Å². The van der Waals surface area contributed by atoms with Gasteiger partial charge in [0.15, 0.2) is 0 Å². The highest BCUT2D eigenvalue weighted by atomic mass is 31.2. The molecule has 0 aliphatic heterocycles. The molecule has 0 spiro atoms. The van der Waals surface area contributed by atoms with Gasteiger partial charge in [0.05, 0.1) is 6.61 Å². The van der Waals surface area contributed by atoms with Gasteiger partial charge in [0, 0.05) is 11.5 Å². The summed E-state index contributed by atoms with van der Waals surface area (Å²) in [5, 5.41) is 2.77. The van der Waals surface area contributed by atoms with Crippen LogP contribution in [-0.2, 0) is 9.09 Å². The molecule has 0 radical (unpaired) electrons. The van der Waals surface area contributed by atoms with Crippen molar-refractivity contribution in [3.8, 4) is 0 Å². The number of hydrazine groups is 1. The second kappa shape index (κ2) is 9.11. The molecule has 0 aromatic heterocycles. The molecule has 0 heterocycles. The third-order valence-electron chi connectivity index (χ3n) is 2.93. The van der Waals surface area contributed by atoms with Gasteiger partial charge in [-0.3, -0.25) is 4.57 Å². The summed E-state index contributed by atoms with van der Waals surface area (Å²) < 4.78 is 18.0. The Kier molecular flexibility index (Phi) is 6.82. The van der Waals surface area contributed by atoms with Gasteiger partial charge in [0.25, 0.3) is 0 Å². The van der Waals surface area contributed by atoms with Crippen LogP contribution in [0.15, 0.2) is 78.6 Å². The third kappa shape index (κ3) is 6.25. The summed E-state index contributed by atoms with van der Waals surface area (Å²) in [6.45, 7) is 2.16. The van der Waals surface area contributed by atoms with Crippen LogP contribution in [0.2, 0.25) is 0 Å². The van der Waals surface area contributed by atoms with Gasteiger partial charge in [0.1, 0.15) is 0 Å². The Hall–Kier alpha value is -2.13. The molecule has 23 heavy (non-hydrogen) atoms. The quantitative estimate of drug-likeness (QED) is 0.404. The van der Waals surface area contributed by atoms with Gasteiger partial charge in [-0.05, 0) is 24.6 Å². The third-order valence-corrected chi connectivity index (χ3v) is 4.56. The number of para-hydroxylation sites is 1. The van der Waals surface area contributed by atoms with Gasteiger partial charge >= 0.3 is 7.52 Å². The van der Waals surface area contributed by atoms with Crippen LogP contribution in [0.1, 0.15) is 12.5 Å². The predicted octanol–water partition coefficient (Wildman–Crippen LogP) is 5.06. The zero-order valence-electron chi connectivity index (χ0n) is 13.1. The lowest BCUT2D eigenvalue weighted by atomic mass is 10.2. The molecule has 0 saturated heterocycles. The van der Waals surface area contributed by atoms with Crippen LogP contribution < -0.4 is 10.6 Å². The van der Waals surface area contributed by atoms with Crippen molar-refractivity contribution in [2.24, 2.45) is 0 Å². The zero-order valence-corrected chi connectivity index (χ0v) is 13.9. The highest BCUT2D eigenvalue weighted by Gasteiger charge is 2.17. The van der Waals surface area contributed by atoms with Crippen molar-refractivity contribution in [1.29, 1.82) is 0 Å². The first-order chi connectivity index (χ1) is 11.2.